The van der Waals surface area contributed by atoms with Crippen molar-refractivity contribution in [3.63, 3.8) is 0 Å². The summed E-state index contributed by atoms with van der Waals surface area (Å²) in [6.45, 7) is 10.2. The Labute approximate surface area is 138 Å². The number of carbonyl (C=O) groups excluding carboxylic acids is 1. The van der Waals surface area contributed by atoms with Gasteiger partial charge in [0, 0.05) is 31.7 Å². The van der Waals surface area contributed by atoms with Crippen LogP contribution in [0.2, 0.25) is 0 Å². The molecule has 2 unspecified atom stereocenters. The summed E-state index contributed by atoms with van der Waals surface area (Å²) in [5.74, 6) is 0.325. The Hall–Kier alpha value is -1.69. The zero-order chi connectivity index (χ0) is 16.9. The van der Waals surface area contributed by atoms with Gasteiger partial charge < -0.3 is 15.0 Å². The third-order valence-electron chi connectivity index (χ3n) is 3.86. The largest absolute Gasteiger partial charge is 0.444 e. The monoisotopic (exact) mass is 320 g/mol. The zero-order valence-electron chi connectivity index (χ0n) is 14.6. The predicted octanol–water partition coefficient (Wildman–Crippen LogP) is 2.77. The van der Waals surface area contributed by atoms with Crippen molar-refractivity contribution in [3.8, 4) is 0 Å². The minimum Gasteiger partial charge on any atom is -0.444 e. The fourth-order valence-electron chi connectivity index (χ4n) is 2.84. The Kier molecular flexibility index (Phi) is 5.93. The van der Waals surface area contributed by atoms with Gasteiger partial charge in [-0.15, -0.1) is 0 Å². The van der Waals surface area contributed by atoms with Crippen LogP contribution in [0.15, 0.2) is 18.6 Å². The lowest BCUT2D eigenvalue weighted by atomic mass is 9.96. The smallest absolute Gasteiger partial charge is 0.410 e. The van der Waals surface area contributed by atoms with Crippen molar-refractivity contribution in [3.05, 3.63) is 24.3 Å². The Bertz CT molecular complexity index is 501. The summed E-state index contributed by atoms with van der Waals surface area (Å²) in [5.41, 5.74) is 0.483. The van der Waals surface area contributed by atoms with Crippen LogP contribution in [-0.4, -0.2) is 46.2 Å². The summed E-state index contributed by atoms with van der Waals surface area (Å²) in [6.07, 6.45) is 6.98. The van der Waals surface area contributed by atoms with E-state index in [0.29, 0.717) is 12.5 Å². The zero-order valence-corrected chi connectivity index (χ0v) is 14.6. The van der Waals surface area contributed by atoms with Crippen LogP contribution < -0.4 is 5.32 Å². The number of rotatable bonds is 5. The van der Waals surface area contributed by atoms with E-state index in [1.165, 1.54) is 0 Å². The van der Waals surface area contributed by atoms with Crippen LogP contribution in [0.4, 0.5) is 4.79 Å². The molecular formula is C17H28N4O2. The molecule has 1 amide bonds. The summed E-state index contributed by atoms with van der Waals surface area (Å²) < 4.78 is 5.48. The molecule has 6 nitrogen and oxygen atoms in total. The van der Waals surface area contributed by atoms with Gasteiger partial charge in [0.2, 0.25) is 0 Å². The number of nitrogens with zero attached hydrogens (tertiary/aromatic N) is 3. The molecule has 2 rings (SSSR count). The summed E-state index contributed by atoms with van der Waals surface area (Å²) >= 11 is 0. The lowest BCUT2D eigenvalue weighted by Gasteiger charge is -2.26. The first-order chi connectivity index (χ1) is 10.9. The fraction of sp³-hybridized carbons (Fsp3) is 0.706. The van der Waals surface area contributed by atoms with Crippen molar-refractivity contribution >= 4 is 6.09 Å². The maximum absolute atomic E-state index is 12.2. The highest BCUT2D eigenvalue weighted by molar-refractivity contribution is 5.68. The van der Waals surface area contributed by atoms with Gasteiger partial charge in [0.05, 0.1) is 11.7 Å². The highest BCUT2D eigenvalue weighted by Gasteiger charge is 2.35. The Morgan fingerprint density at radius 3 is 2.87 bits per heavy atom. The lowest BCUT2D eigenvalue weighted by molar-refractivity contribution is 0.0285. The molecule has 0 aliphatic carbocycles. The number of aromatic nitrogens is 2. The third kappa shape index (κ3) is 5.16. The molecule has 0 saturated carbocycles. The molecule has 0 bridgehead atoms. The topological polar surface area (TPSA) is 67.4 Å². The number of carbonyl (C=O) groups is 1. The second kappa shape index (κ2) is 7.73. The molecule has 2 heterocycles. The second-order valence-electron chi connectivity index (χ2n) is 7.04. The van der Waals surface area contributed by atoms with E-state index in [2.05, 4.69) is 22.2 Å². The van der Waals surface area contributed by atoms with Gasteiger partial charge in [0.25, 0.3) is 0 Å². The molecular weight excluding hydrogens is 292 g/mol. The van der Waals surface area contributed by atoms with Crippen molar-refractivity contribution in [2.45, 2.75) is 52.2 Å². The summed E-state index contributed by atoms with van der Waals surface area (Å²) in [6, 6.07) is 0.121. The molecule has 1 aromatic rings. The van der Waals surface area contributed by atoms with E-state index in [1.54, 1.807) is 17.3 Å². The first-order valence-corrected chi connectivity index (χ1v) is 8.38. The van der Waals surface area contributed by atoms with Crippen LogP contribution in [0.5, 0.6) is 0 Å². The average molecular weight is 320 g/mol. The molecule has 0 radical (unpaired) electrons. The molecule has 0 aromatic carbocycles. The van der Waals surface area contributed by atoms with Crippen LogP contribution in [0, 0.1) is 5.92 Å². The van der Waals surface area contributed by atoms with E-state index >= 15 is 0 Å². The normalized spacial score (nSPS) is 19.7. The predicted molar refractivity (Wildman–Crippen MR) is 89.0 cm³/mol. The van der Waals surface area contributed by atoms with Gasteiger partial charge in [-0.3, -0.25) is 9.97 Å². The van der Waals surface area contributed by atoms with E-state index in [4.69, 9.17) is 4.74 Å². The molecule has 6 heteroatoms. The lowest BCUT2D eigenvalue weighted by Crippen LogP contribution is -2.37. The van der Waals surface area contributed by atoms with Crippen LogP contribution >= 0.6 is 0 Å². The SMILES string of the molecule is CCCNC(c1cnccn1)C1CCN(C(=O)OC(C)(C)C)C1. The number of likely N-dealkylation sites (tertiary alicyclic amines) is 1. The van der Waals surface area contributed by atoms with Gasteiger partial charge in [-0.1, -0.05) is 6.92 Å². The van der Waals surface area contributed by atoms with E-state index in [-0.39, 0.29) is 12.1 Å². The summed E-state index contributed by atoms with van der Waals surface area (Å²) in [5, 5.41) is 3.55. The molecule has 1 N–H and O–H groups in total. The van der Waals surface area contributed by atoms with Crippen molar-refractivity contribution in [2.24, 2.45) is 5.92 Å². The summed E-state index contributed by atoms with van der Waals surface area (Å²) in [4.78, 5) is 22.7. The van der Waals surface area contributed by atoms with E-state index in [1.807, 2.05) is 27.0 Å². The van der Waals surface area contributed by atoms with Crippen LogP contribution in [0.3, 0.4) is 0 Å². The number of nitrogens with one attached hydrogen (secondary N) is 1. The van der Waals surface area contributed by atoms with Gasteiger partial charge >= 0.3 is 6.09 Å². The maximum Gasteiger partial charge on any atom is 0.410 e. The fourth-order valence-corrected chi connectivity index (χ4v) is 2.84. The van der Waals surface area contributed by atoms with Gasteiger partial charge in [0.15, 0.2) is 0 Å². The van der Waals surface area contributed by atoms with Crippen molar-refractivity contribution in [1.82, 2.24) is 20.2 Å². The van der Waals surface area contributed by atoms with Crippen molar-refractivity contribution in [2.75, 3.05) is 19.6 Å². The van der Waals surface area contributed by atoms with Crippen molar-refractivity contribution < 1.29 is 9.53 Å². The second-order valence-corrected chi connectivity index (χ2v) is 7.04. The molecule has 1 aliphatic rings. The Balaban J connectivity index is 2.02. The minimum atomic E-state index is -0.458. The van der Waals surface area contributed by atoms with E-state index in [0.717, 1.165) is 31.6 Å². The van der Waals surface area contributed by atoms with Gasteiger partial charge in [-0.05, 0) is 46.1 Å². The molecule has 2 atom stereocenters. The Morgan fingerprint density at radius 2 is 2.26 bits per heavy atom. The van der Waals surface area contributed by atoms with Crippen LogP contribution in [0.1, 0.15) is 52.3 Å². The van der Waals surface area contributed by atoms with Crippen molar-refractivity contribution in [1.29, 1.82) is 0 Å². The first kappa shape index (κ1) is 17.7. The number of amides is 1. The molecule has 1 fully saturated rings. The number of ether oxygens (including phenoxy) is 1. The number of hydrogen-bond acceptors (Lipinski definition) is 5. The molecule has 23 heavy (non-hydrogen) atoms. The molecule has 1 saturated heterocycles. The van der Waals surface area contributed by atoms with Crippen LogP contribution in [-0.2, 0) is 4.74 Å². The quantitative estimate of drug-likeness (QED) is 0.903. The maximum atomic E-state index is 12.2. The molecule has 1 aliphatic heterocycles. The molecule has 1 aromatic heterocycles. The van der Waals surface area contributed by atoms with Gasteiger partial charge in [0.1, 0.15) is 5.60 Å². The number of hydrogen-bond donors (Lipinski definition) is 1. The van der Waals surface area contributed by atoms with Gasteiger partial charge in [-0.2, -0.15) is 0 Å². The highest BCUT2D eigenvalue weighted by Crippen LogP contribution is 2.29. The van der Waals surface area contributed by atoms with Gasteiger partial charge in [-0.25, -0.2) is 4.79 Å². The van der Waals surface area contributed by atoms with Crippen LogP contribution in [0.25, 0.3) is 0 Å². The highest BCUT2D eigenvalue weighted by atomic mass is 16.6. The standard InChI is InChI=1S/C17H28N4O2/c1-5-7-20-15(14-11-18-8-9-19-14)13-6-10-21(12-13)16(22)23-17(2,3)4/h8-9,11,13,15,20H,5-7,10,12H2,1-4H3. The van der Waals surface area contributed by atoms with E-state index < -0.39 is 5.60 Å². The minimum absolute atomic E-state index is 0.121. The first-order valence-electron chi connectivity index (χ1n) is 8.38. The molecule has 128 valence electrons. The summed E-state index contributed by atoms with van der Waals surface area (Å²) in [7, 11) is 0. The molecule has 0 spiro atoms. The van der Waals surface area contributed by atoms with E-state index in [9.17, 15) is 4.79 Å². The third-order valence-corrected chi connectivity index (χ3v) is 3.86. The Morgan fingerprint density at radius 1 is 1.48 bits per heavy atom. The average Bonchev–Trinajstić information content (AvgIpc) is 2.97.